The van der Waals surface area contributed by atoms with Crippen molar-refractivity contribution in [2.24, 2.45) is 11.5 Å². The second-order valence-corrected chi connectivity index (χ2v) is 2.72. The van der Waals surface area contributed by atoms with E-state index in [1.165, 1.54) is 0 Å². The molecule has 76 valence electrons. The molecule has 0 aliphatic carbocycles. The zero-order chi connectivity index (χ0) is 10.6. The van der Waals surface area contributed by atoms with Crippen LogP contribution in [0, 0.1) is 0 Å². The number of primary amides is 1. The average Bonchev–Trinajstić information content (AvgIpc) is 2.14. The maximum absolute atomic E-state index is 11.0. The zero-order valence-electron chi connectivity index (χ0n) is 7.69. The Bertz CT molecular complexity index is 339. The third-order valence-electron chi connectivity index (χ3n) is 1.68. The smallest absolute Gasteiger partial charge is 0.254 e. The van der Waals surface area contributed by atoms with Gasteiger partial charge >= 0.3 is 0 Å². The van der Waals surface area contributed by atoms with E-state index in [1.807, 2.05) is 0 Å². The number of benzene rings is 1. The molecule has 0 heterocycles. The molecule has 0 aromatic heterocycles. The Labute approximate surface area is 81.8 Å². The lowest BCUT2D eigenvalue weighted by Gasteiger charge is -2.09. The molecule has 1 aromatic rings. The van der Waals surface area contributed by atoms with E-state index in [1.54, 1.807) is 18.2 Å². The van der Waals surface area contributed by atoms with E-state index >= 15 is 0 Å². The highest BCUT2D eigenvalue weighted by molar-refractivity contribution is 6.00. The summed E-state index contributed by atoms with van der Waals surface area (Å²) in [6.07, 6.45) is 0. The lowest BCUT2D eigenvalue weighted by molar-refractivity contribution is 0.0997. The number of carbonyl (C=O) groups is 1. The number of amides is 1. The van der Waals surface area contributed by atoms with E-state index in [-0.39, 0.29) is 5.56 Å². The number of carbonyl (C=O) groups excluding carboxylic acids is 1. The summed E-state index contributed by atoms with van der Waals surface area (Å²) in [6.45, 7) is 0.691. The summed E-state index contributed by atoms with van der Waals surface area (Å²) in [5, 5.41) is 0. The third kappa shape index (κ3) is 2.14. The molecule has 0 aliphatic heterocycles. The highest BCUT2D eigenvalue weighted by Crippen LogP contribution is 2.23. The van der Waals surface area contributed by atoms with Crippen molar-refractivity contribution >= 4 is 11.6 Å². The van der Waals surface area contributed by atoms with Gasteiger partial charge in [0.05, 0.1) is 0 Å². The summed E-state index contributed by atoms with van der Waals surface area (Å²) in [7, 11) is 0. The molecular formula is C9H13N3O2. The first-order chi connectivity index (χ1) is 6.66. The van der Waals surface area contributed by atoms with Crippen LogP contribution < -0.4 is 21.9 Å². The monoisotopic (exact) mass is 195 g/mol. The first-order valence-corrected chi connectivity index (χ1v) is 4.18. The minimum absolute atomic E-state index is 0.209. The number of nitrogens with two attached hydrogens (primary N) is 3. The second kappa shape index (κ2) is 4.48. The molecule has 0 fully saturated rings. The molecule has 1 aromatic carbocycles. The summed E-state index contributed by atoms with van der Waals surface area (Å²) in [5.74, 6) is -0.224. The Balaban J connectivity index is 3.02. The molecule has 5 heteroatoms. The molecule has 0 saturated heterocycles. The summed E-state index contributed by atoms with van der Waals surface area (Å²) in [6, 6.07) is 4.91. The van der Waals surface area contributed by atoms with Crippen molar-refractivity contribution < 1.29 is 9.53 Å². The standard InChI is InChI=1S/C9H13N3O2/c10-4-5-14-7-3-1-2-6(11)8(7)9(12)13/h1-3H,4-5,10-11H2,(H2,12,13). The molecule has 0 aliphatic rings. The lowest BCUT2D eigenvalue weighted by atomic mass is 10.1. The Morgan fingerprint density at radius 3 is 2.71 bits per heavy atom. The van der Waals surface area contributed by atoms with Crippen LogP contribution in [-0.2, 0) is 0 Å². The number of hydrogen-bond donors (Lipinski definition) is 3. The van der Waals surface area contributed by atoms with Crippen LogP contribution in [0.2, 0.25) is 0 Å². The highest BCUT2D eigenvalue weighted by atomic mass is 16.5. The maximum atomic E-state index is 11.0. The van der Waals surface area contributed by atoms with Crippen LogP contribution in [0.5, 0.6) is 5.75 Å². The van der Waals surface area contributed by atoms with Crippen LogP contribution in [-0.4, -0.2) is 19.1 Å². The van der Waals surface area contributed by atoms with Crippen molar-refractivity contribution in [3.8, 4) is 5.75 Å². The van der Waals surface area contributed by atoms with Gasteiger partial charge in [0.15, 0.2) is 0 Å². The minimum atomic E-state index is -0.602. The van der Waals surface area contributed by atoms with Crippen LogP contribution in [0.25, 0.3) is 0 Å². The van der Waals surface area contributed by atoms with E-state index in [2.05, 4.69) is 0 Å². The largest absolute Gasteiger partial charge is 0.491 e. The summed E-state index contributed by atoms with van der Waals surface area (Å²) < 4.78 is 5.22. The molecule has 14 heavy (non-hydrogen) atoms. The normalized spacial score (nSPS) is 9.79. The van der Waals surface area contributed by atoms with Crippen LogP contribution in [0.4, 0.5) is 5.69 Å². The highest BCUT2D eigenvalue weighted by Gasteiger charge is 2.12. The average molecular weight is 195 g/mol. The number of anilines is 1. The molecule has 0 bridgehead atoms. The molecule has 1 rings (SSSR count). The van der Waals surface area contributed by atoms with Crippen LogP contribution in [0.1, 0.15) is 10.4 Å². The minimum Gasteiger partial charge on any atom is -0.491 e. The van der Waals surface area contributed by atoms with E-state index in [0.29, 0.717) is 24.6 Å². The van der Waals surface area contributed by atoms with Gasteiger partial charge in [0, 0.05) is 12.2 Å². The summed E-state index contributed by atoms with van der Waals surface area (Å²) >= 11 is 0. The van der Waals surface area contributed by atoms with Crippen LogP contribution >= 0.6 is 0 Å². The van der Waals surface area contributed by atoms with Gasteiger partial charge in [0.25, 0.3) is 5.91 Å². The van der Waals surface area contributed by atoms with Gasteiger partial charge in [-0.15, -0.1) is 0 Å². The van der Waals surface area contributed by atoms with Crippen molar-refractivity contribution in [3.05, 3.63) is 23.8 Å². The first kappa shape index (κ1) is 10.3. The SMILES string of the molecule is NCCOc1cccc(N)c1C(N)=O. The quantitative estimate of drug-likeness (QED) is 0.574. The zero-order valence-corrected chi connectivity index (χ0v) is 7.69. The van der Waals surface area contributed by atoms with E-state index in [9.17, 15) is 4.79 Å². The number of hydrogen-bond acceptors (Lipinski definition) is 4. The Morgan fingerprint density at radius 2 is 2.14 bits per heavy atom. The van der Waals surface area contributed by atoms with Gasteiger partial charge in [-0.25, -0.2) is 0 Å². The van der Waals surface area contributed by atoms with Gasteiger partial charge in [-0.05, 0) is 12.1 Å². The van der Waals surface area contributed by atoms with Gasteiger partial charge in [-0.3, -0.25) is 4.79 Å². The molecule has 0 unspecified atom stereocenters. The van der Waals surface area contributed by atoms with E-state index < -0.39 is 5.91 Å². The summed E-state index contributed by atoms with van der Waals surface area (Å²) in [4.78, 5) is 11.0. The fourth-order valence-corrected chi connectivity index (χ4v) is 1.10. The molecule has 6 N–H and O–H groups in total. The van der Waals surface area contributed by atoms with Crippen LogP contribution in [0.3, 0.4) is 0 Å². The molecule has 1 amide bonds. The van der Waals surface area contributed by atoms with Crippen molar-refractivity contribution in [1.82, 2.24) is 0 Å². The first-order valence-electron chi connectivity index (χ1n) is 4.18. The van der Waals surface area contributed by atoms with E-state index in [0.717, 1.165) is 0 Å². The Hall–Kier alpha value is -1.75. The van der Waals surface area contributed by atoms with E-state index in [4.69, 9.17) is 21.9 Å². The predicted octanol–water partition coefficient (Wildman–Crippen LogP) is -0.295. The molecule has 0 saturated carbocycles. The van der Waals surface area contributed by atoms with Gasteiger partial charge in [0.2, 0.25) is 0 Å². The predicted molar refractivity (Wildman–Crippen MR) is 53.9 cm³/mol. The fraction of sp³-hybridized carbons (Fsp3) is 0.222. The maximum Gasteiger partial charge on any atom is 0.254 e. The number of ether oxygens (including phenoxy) is 1. The molecule has 0 atom stereocenters. The fourth-order valence-electron chi connectivity index (χ4n) is 1.10. The number of nitrogen functional groups attached to an aromatic ring is 1. The van der Waals surface area contributed by atoms with Crippen molar-refractivity contribution in [2.75, 3.05) is 18.9 Å². The van der Waals surface area contributed by atoms with Gasteiger partial charge < -0.3 is 21.9 Å². The molecular weight excluding hydrogens is 182 g/mol. The third-order valence-corrected chi connectivity index (χ3v) is 1.68. The van der Waals surface area contributed by atoms with Crippen molar-refractivity contribution in [2.45, 2.75) is 0 Å². The lowest BCUT2D eigenvalue weighted by Crippen LogP contribution is -2.17. The van der Waals surface area contributed by atoms with Gasteiger partial charge in [0.1, 0.15) is 17.9 Å². The van der Waals surface area contributed by atoms with Gasteiger partial charge in [-0.1, -0.05) is 6.07 Å². The second-order valence-electron chi connectivity index (χ2n) is 2.72. The van der Waals surface area contributed by atoms with Gasteiger partial charge in [-0.2, -0.15) is 0 Å². The van der Waals surface area contributed by atoms with Crippen LogP contribution in [0.15, 0.2) is 18.2 Å². The summed E-state index contributed by atoms with van der Waals surface area (Å²) in [5.41, 5.74) is 16.5. The van der Waals surface area contributed by atoms with Crippen molar-refractivity contribution in [3.63, 3.8) is 0 Å². The Kier molecular flexibility index (Phi) is 3.30. The molecule has 0 radical (unpaired) electrons. The molecule has 5 nitrogen and oxygen atoms in total. The molecule has 0 spiro atoms. The number of rotatable bonds is 4. The topological polar surface area (TPSA) is 104 Å². The Morgan fingerprint density at radius 1 is 1.43 bits per heavy atom. The van der Waals surface area contributed by atoms with Crippen molar-refractivity contribution in [1.29, 1.82) is 0 Å².